The van der Waals surface area contributed by atoms with Gasteiger partial charge in [-0.15, -0.1) is 0 Å². The van der Waals surface area contributed by atoms with E-state index in [2.05, 4.69) is 18.7 Å². The zero-order chi connectivity index (χ0) is 9.84. The number of carbonyl (C=O) groups is 1. The van der Waals surface area contributed by atoms with Crippen molar-refractivity contribution in [3.63, 3.8) is 0 Å². The first kappa shape index (κ1) is 10.7. The van der Waals surface area contributed by atoms with Gasteiger partial charge in [0.25, 0.3) is 0 Å². The lowest BCUT2D eigenvalue weighted by Crippen LogP contribution is -2.45. The van der Waals surface area contributed by atoms with Crippen LogP contribution in [0, 0.1) is 5.92 Å². The van der Waals surface area contributed by atoms with E-state index >= 15 is 0 Å². The molecule has 13 heavy (non-hydrogen) atoms. The molecule has 0 unspecified atom stereocenters. The SMILES string of the molecule is CC(=O)[C@H]1CCCCN1CC(C)C. The average molecular weight is 183 g/mol. The highest BCUT2D eigenvalue weighted by molar-refractivity contribution is 5.81. The molecule has 1 atom stereocenters. The summed E-state index contributed by atoms with van der Waals surface area (Å²) in [7, 11) is 0. The zero-order valence-electron chi connectivity index (χ0n) is 9.05. The molecule has 0 N–H and O–H groups in total. The van der Waals surface area contributed by atoms with E-state index < -0.39 is 0 Å². The molecule has 0 radical (unpaired) electrons. The third-order valence-corrected chi connectivity index (χ3v) is 2.68. The highest BCUT2D eigenvalue weighted by Crippen LogP contribution is 2.18. The van der Waals surface area contributed by atoms with Gasteiger partial charge in [-0.25, -0.2) is 0 Å². The Morgan fingerprint density at radius 3 is 2.69 bits per heavy atom. The van der Waals surface area contributed by atoms with Crippen molar-refractivity contribution in [3.05, 3.63) is 0 Å². The van der Waals surface area contributed by atoms with E-state index in [1.807, 2.05) is 0 Å². The van der Waals surface area contributed by atoms with Crippen molar-refractivity contribution in [3.8, 4) is 0 Å². The summed E-state index contributed by atoms with van der Waals surface area (Å²) in [4.78, 5) is 13.7. The number of carbonyl (C=O) groups excluding carboxylic acids is 1. The number of Topliss-reactive ketones (excluding diaryl/α,β-unsaturated/α-hetero) is 1. The summed E-state index contributed by atoms with van der Waals surface area (Å²) in [5, 5.41) is 0. The van der Waals surface area contributed by atoms with Crippen LogP contribution >= 0.6 is 0 Å². The van der Waals surface area contributed by atoms with Crippen molar-refractivity contribution < 1.29 is 4.79 Å². The molecule has 0 aromatic rings. The first-order chi connectivity index (χ1) is 6.11. The molecule has 1 saturated heterocycles. The van der Waals surface area contributed by atoms with Gasteiger partial charge in [0.05, 0.1) is 6.04 Å². The fourth-order valence-electron chi connectivity index (χ4n) is 2.14. The van der Waals surface area contributed by atoms with Gasteiger partial charge in [0.15, 0.2) is 0 Å². The number of ketones is 1. The molecule has 0 bridgehead atoms. The quantitative estimate of drug-likeness (QED) is 0.667. The molecule has 1 aliphatic rings. The molecular weight excluding hydrogens is 162 g/mol. The van der Waals surface area contributed by atoms with Crippen LogP contribution in [0.15, 0.2) is 0 Å². The lowest BCUT2D eigenvalue weighted by atomic mass is 9.98. The summed E-state index contributed by atoms with van der Waals surface area (Å²) in [5.74, 6) is 1.01. The number of hydrogen-bond acceptors (Lipinski definition) is 2. The van der Waals surface area contributed by atoms with Gasteiger partial charge in [-0.1, -0.05) is 20.3 Å². The first-order valence-corrected chi connectivity index (χ1v) is 5.35. The van der Waals surface area contributed by atoms with E-state index in [-0.39, 0.29) is 6.04 Å². The van der Waals surface area contributed by atoms with Gasteiger partial charge in [-0.3, -0.25) is 9.69 Å². The highest BCUT2D eigenvalue weighted by atomic mass is 16.1. The molecule has 1 aliphatic heterocycles. The Bertz CT molecular complexity index is 177. The van der Waals surface area contributed by atoms with Crippen LogP contribution in [-0.4, -0.2) is 29.8 Å². The number of rotatable bonds is 3. The normalized spacial score (nSPS) is 25.1. The summed E-state index contributed by atoms with van der Waals surface area (Å²) in [5.41, 5.74) is 0. The predicted octanol–water partition coefficient (Wildman–Crippen LogP) is 2.09. The Labute approximate surface area is 81.3 Å². The molecule has 76 valence electrons. The third-order valence-electron chi connectivity index (χ3n) is 2.68. The van der Waals surface area contributed by atoms with Gasteiger partial charge in [0, 0.05) is 6.54 Å². The molecular formula is C11H21NO. The lowest BCUT2D eigenvalue weighted by Gasteiger charge is -2.35. The van der Waals surface area contributed by atoms with Crippen molar-refractivity contribution in [2.24, 2.45) is 5.92 Å². The van der Waals surface area contributed by atoms with Crippen molar-refractivity contribution in [2.75, 3.05) is 13.1 Å². The van der Waals surface area contributed by atoms with Gasteiger partial charge in [-0.05, 0) is 32.2 Å². The maximum absolute atomic E-state index is 11.3. The molecule has 2 nitrogen and oxygen atoms in total. The first-order valence-electron chi connectivity index (χ1n) is 5.35. The minimum Gasteiger partial charge on any atom is -0.298 e. The second kappa shape index (κ2) is 4.75. The lowest BCUT2D eigenvalue weighted by molar-refractivity contribution is -0.123. The fraction of sp³-hybridized carbons (Fsp3) is 0.909. The molecule has 1 heterocycles. The maximum atomic E-state index is 11.3. The number of nitrogens with zero attached hydrogens (tertiary/aromatic N) is 1. The largest absolute Gasteiger partial charge is 0.298 e. The van der Waals surface area contributed by atoms with Crippen molar-refractivity contribution >= 4 is 5.78 Å². The van der Waals surface area contributed by atoms with E-state index in [1.54, 1.807) is 6.92 Å². The Morgan fingerprint density at radius 1 is 1.46 bits per heavy atom. The Hall–Kier alpha value is -0.370. The van der Waals surface area contributed by atoms with Crippen molar-refractivity contribution in [1.82, 2.24) is 4.90 Å². The van der Waals surface area contributed by atoms with Crippen LogP contribution in [0.5, 0.6) is 0 Å². The van der Waals surface area contributed by atoms with E-state index in [0.717, 1.165) is 19.5 Å². The van der Waals surface area contributed by atoms with Crippen molar-refractivity contribution in [2.45, 2.75) is 46.1 Å². The highest BCUT2D eigenvalue weighted by Gasteiger charge is 2.25. The molecule has 1 fully saturated rings. The number of piperidine rings is 1. The zero-order valence-corrected chi connectivity index (χ0v) is 9.05. The van der Waals surface area contributed by atoms with Crippen LogP contribution in [0.3, 0.4) is 0 Å². The fourth-order valence-corrected chi connectivity index (χ4v) is 2.14. The summed E-state index contributed by atoms with van der Waals surface area (Å²) in [6.07, 6.45) is 3.55. The summed E-state index contributed by atoms with van der Waals surface area (Å²) < 4.78 is 0. The van der Waals surface area contributed by atoms with Crippen LogP contribution in [0.2, 0.25) is 0 Å². The van der Waals surface area contributed by atoms with Crippen LogP contribution in [0.1, 0.15) is 40.0 Å². The van der Waals surface area contributed by atoms with Gasteiger partial charge in [0.2, 0.25) is 0 Å². The Kier molecular flexibility index (Phi) is 3.91. The minimum atomic E-state index is 0.219. The molecule has 0 spiro atoms. The smallest absolute Gasteiger partial charge is 0.146 e. The topological polar surface area (TPSA) is 20.3 Å². The summed E-state index contributed by atoms with van der Waals surface area (Å²) >= 11 is 0. The Balaban J connectivity index is 2.51. The summed E-state index contributed by atoms with van der Waals surface area (Å²) in [6, 6.07) is 0.219. The van der Waals surface area contributed by atoms with Crippen LogP contribution in [0.4, 0.5) is 0 Å². The van der Waals surface area contributed by atoms with Crippen LogP contribution in [-0.2, 0) is 4.79 Å². The third kappa shape index (κ3) is 3.11. The van der Waals surface area contributed by atoms with Gasteiger partial charge < -0.3 is 0 Å². The Morgan fingerprint density at radius 2 is 2.15 bits per heavy atom. The number of hydrogen-bond donors (Lipinski definition) is 0. The van der Waals surface area contributed by atoms with Gasteiger partial charge >= 0.3 is 0 Å². The van der Waals surface area contributed by atoms with E-state index in [4.69, 9.17) is 0 Å². The van der Waals surface area contributed by atoms with E-state index in [9.17, 15) is 4.79 Å². The minimum absolute atomic E-state index is 0.219. The van der Waals surface area contributed by atoms with E-state index in [1.165, 1.54) is 12.8 Å². The molecule has 0 aromatic carbocycles. The van der Waals surface area contributed by atoms with E-state index in [0.29, 0.717) is 11.7 Å². The second-order valence-electron chi connectivity index (χ2n) is 4.51. The molecule has 2 heteroatoms. The monoisotopic (exact) mass is 183 g/mol. The van der Waals surface area contributed by atoms with Crippen LogP contribution in [0.25, 0.3) is 0 Å². The average Bonchev–Trinajstić information content (AvgIpc) is 2.03. The van der Waals surface area contributed by atoms with Crippen LogP contribution < -0.4 is 0 Å². The van der Waals surface area contributed by atoms with Gasteiger partial charge in [0.1, 0.15) is 5.78 Å². The molecule has 0 saturated carbocycles. The van der Waals surface area contributed by atoms with Crippen molar-refractivity contribution in [1.29, 1.82) is 0 Å². The predicted molar refractivity (Wildman–Crippen MR) is 54.7 cm³/mol. The van der Waals surface area contributed by atoms with Gasteiger partial charge in [-0.2, -0.15) is 0 Å². The molecule has 0 amide bonds. The number of likely N-dealkylation sites (tertiary alicyclic amines) is 1. The molecule has 1 rings (SSSR count). The molecule has 0 aromatic heterocycles. The maximum Gasteiger partial charge on any atom is 0.146 e. The second-order valence-corrected chi connectivity index (χ2v) is 4.51. The summed E-state index contributed by atoms with van der Waals surface area (Å²) in [6.45, 7) is 8.34. The molecule has 0 aliphatic carbocycles. The standard InChI is InChI=1S/C11H21NO/c1-9(2)8-12-7-5-4-6-11(12)10(3)13/h9,11H,4-8H2,1-3H3/t11-/m1/s1.